The van der Waals surface area contributed by atoms with E-state index >= 15 is 0 Å². The van der Waals surface area contributed by atoms with Gasteiger partial charge in [0.2, 0.25) is 0 Å². The fraction of sp³-hybridized carbons (Fsp3) is 0.692. The largest absolute Gasteiger partial charge is 0.464 e. The van der Waals surface area contributed by atoms with Crippen LogP contribution in [0.4, 0.5) is 5.69 Å². The fourth-order valence-electron chi connectivity index (χ4n) is 1.75. The van der Waals surface area contributed by atoms with Crippen LogP contribution >= 0.6 is 0 Å². The average molecular weight is 253 g/mol. The molecule has 0 aliphatic heterocycles. The summed E-state index contributed by atoms with van der Waals surface area (Å²) in [5, 5.41) is 3.94. The Labute approximate surface area is 108 Å². The van der Waals surface area contributed by atoms with Gasteiger partial charge >= 0.3 is 5.97 Å². The van der Waals surface area contributed by atoms with Crippen LogP contribution in [0.5, 0.6) is 0 Å². The second-order valence-electron chi connectivity index (χ2n) is 4.57. The number of hydrogen-bond acceptors (Lipinski definition) is 4. The van der Waals surface area contributed by atoms with E-state index in [-0.39, 0.29) is 12.5 Å². The van der Waals surface area contributed by atoms with Crippen LogP contribution < -0.4 is 5.73 Å². The van der Waals surface area contributed by atoms with Crippen molar-refractivity contribution < 1.29 is 9.53 Å². The number of anilines is 1. The summed E-state index contributed by atoms with van der Waals surface area (Å²) < 4.78 is 6.76. The van der Waals surface area contributed by atoms with Crippen LogP contribution in [0.25, 0.3) is 0 Å². The number of esters is 1. The molecule has 1 aromatic rings. The van der Waals surface area contributed by atoms with Gasteiger partial charge in [-0.3, -0.25) is 9.48 Å². The molecule has 0 amide bonds. The topological polar surface area (TPSA) is 70.1 Å². The molecule has 1 unspecified atom stereocenters. The minimum atomic E-state index is -0.256. The molecule has 5 nitrogen and oxygen atoms in total. The average Bonchev–Trinajstić information content (AvgIpc) is 2.75. The Morgan fingerprint density at radius 1 is 1.56 bits per heavy atom. The smallest absolute Gasteiger partial charge is 0.327 e. The van der Waals surface area contributed by atoms with Gasteiger partial charge in [-0.25, -0.2) is 0 Å². The van der Waals surface area contributed by atoms with Gasteiger partial charge in [-0.05, 0) is 12.3 Å². The maximum atomic E-state index is 11.6. The number of ether oxygens (including phenoxy) is 1. The van der Waals surface area contributed by atoms with E-state index in [1.54, 1.807) is 6.20 Å². The molecule has 2 N–H and O–H groups in total. The summed E-state index contributed by atoms with van der Waals surface area (Å²) in [4.78, 5) is 11.6. The van der Waals surface area contributed by atoms with Crippen molar-refractivity contribution >= 4 is 11.7 Å². The van der Waals surface area contributed by atoms with Crippen LogP contribution in [0.1, 0.15) is 39.5 Å². The summed E-state index contributed by atoms with van der Waals surface area (Å²) in [6.07, 6.45) is 7.67. The SMILES string of the molecule is CCCCC(CC)COC(=O)Cn1cc(N)cn1. The maximum absolute atomic E-state index is 11.6. The molecule has 102 valence electrons. The Kier molecular flexibility index (Phi) is 6.25. The number of rotatable bonds is 8. The third-order valence-electron chi connectivity index (χ3n) is 2.97. The van der Waals surface area contributed by atoms with Gasteiger partial charge in [0.15, 0.2) is 0 Å². The van der Waals surface area contributed by atoms with Crippen molar-refractivity contribution in [3.8, 4) is 0 Å². The standard InChI is InChI=1S/C13H23N3O2/c1-3-5-6-11(4-2)10-18-13(17)9-16-8-12(14)7-15-16/h7-8,11H,3-6,9-10,14H2,1-2H3. The Bertz CT molecular complexity index is 363. The number of aromatic nitrogens is 2. The molecular weight excluding hydrogens is 230 g/mol. The highest BCUT2D eigenvalue weighted by Gasteiger charge is 2.10. The quantitative estimate of drug-likeness (QED) is 0.721. The minimum Gasteiger partial charge on any atom is -0.464 e. The van der Waals surface area contributed by atoms with Crippen molar-refractivity contribution in [3.05, 3.63) is 12.4 Å². The van der Waals surface area contributed by atoms with Crippen molar-refractivity contribution in [2.75, 3.05) is 12.3 Å². The molecule has 1 aromatic heterocycles. The number of nitrogens with two attached hydrogens (primary N) is 1. The molecule has 0 aliphatic carbocycles. The summed E-state index contributed by atoms with van der Waals surface area (Å²) in [5.41, 5.74) is 6.07. The van der Waals surface area contributed by atoms with Crippen molar-refractivity contribution in [1.82, 2.24) is 9.78 Å². The van der Waals surface area contributed by atoms with Crippen molar-refractivity contribution in [2.45, 2.75) is 46.1 Å². The first-order valence-corrected chi connectivity index (χ1v) is 6.59. The zero-order valence-electron chi connectivity index (χ0n) is 11.3. The van der Waals surface area contributed by atoms with E-state index in [2.05, 4.69) is 18.9 Å². The Morgan fingerprint density at radius 2 is 2.33 bits per heavy atom. The first kappa shape index (κ1) is 14.5. The minimum absolute atomic E-state index is 0.126. The molecule has 0 saturated heterocycles. The number of unbranched alkanes of at least 4 members (excludes halogenated alkanes) is 1. The summed E-state index contributed by atoms with van der Waals surface area (Å²) in [5.74, 6) is 0.213. The predicted molar refractivity (Wildman–Crippen MR) is 70.9 cm³/mol. The van der Waals surface area contributed by atoms with Crippen LogP contribution in [0.3, 0.4) is 0 Å². The lowest BCUT2D eigenvalue weighted by Crippen LogP contribution is -2.18. The number of carbonyl (C=O) groups is 1. The van der Waals surface area contributed by atoms with Gasteiger partial charge in [0, 0.05) is 6.20 Å². The Balaban J connectivity index is 2.27. The van der Waals surface area contributed by atoms with E-state index in [0.29, 0.717) is 18.2 Å². The van der Waals surface area contributed by atoms with E-state index in [4.69, 9.17) is 10.5 Å². The highest BCUT2D eigenvalue weighted by Crippen LogP contribution is 2.13. The monoisotopic (exact) mass is 253 g/mol. The molecule has 0 radical (unpaired) electrons. The highest BCUT2D eigenvalue weighted by atomic mass is 16.5. The second-order valence-corrected chi connectivity index (χ2v) is 4.57. The van der Waals surface area contributed by atoms with Crippen LogP contribution in [-0.4, -0.2) is 22.4 Å². The molecule has 0 saturated carbocycles. The van der Waals surface area contributed by atoms with Crippen molar-refractivity contribution in [3.63, 3.8) is 0 Å². The van der Waals surface area contributed by atoms with Crippen molar-refractivity contribution in [2.24, 2.45) is 5.92 Å². The number of nitrogens with zero attached hydrogens (tertiary/aromatic N) is 2. The van der Waals surface area contributed by atoms with Crippen LogP contribution in [-0.2, 0) is 16.1 Å². The normalized spacial score (nSPS) is 12.3. The van der Waals surface area contributed by atoms with E-state index in [1.807, 2.05) is 0 Å². The van der Waals surface area contributed by atoms with E-state index in [9.17, 15) is 4.79 Å². The number of carbonyl (C=O) groups excluding carboxylic acids is 1. The van der Waals surface area contributed by atoms with Gasteiger partial charge in [0.25, 0.3) is 0 Å². The molecule has 1 heterocycles. The van der Waals surface area contributed by atoms with Crippen LogP contribution in [0, 0.1) is 5.92 Å². The number of nitrogen functional groups attached to an aromatic ring is 1. The van der Waals surface area contributed by atoms with Gasteiger partial charge in [-0.15, -0.1) is 0 Å². The predicted octanol–water partition coefficient (Wildman–Crippen LogP) is 2.22. The molecule has 1 atom stereocenters. The first-order chi connectivity index (χ1) is 8.65. The van der Waals surface area contributed by atoms with Crippen LogP contribution in [0.2, 0.25) is 0 Å². The molecule has 0 aromatic carbocycles. The zero-order chi connectivity index (χ0) is 13.4. The van der Waals surface area contributed by atoms with Gasteiger partial charge in [0.05, 0.1) is 18.5 Å². The highest BCUT2D eigenvalue weighted by molar-refractivity contribution is 5.69. The molecule has 5 heteroatoms. The Morgan fingerprint density at radius 3 is 2.89 bits per heavy atom. The summed E-state index contributed by atoms with van der Waals surface area (Å²) >= 11 is 0. The summed E-state index contributed by atoms with van der Waals surface area (Å²) in [6, 6.07) is 0. The third-order valence-corrected chi connectivity index (χ3v) is 2.97. The maximum Gasteiger partial charge on any atom is 0.327 e. The fourth-order valence-corrected chi connectivity index (χ4v) is 1.75. The van der Waals surface area contributed by atoms with Gasteiger partial charge < -0.3 is 10.5 Å². The van der Waals surface area contributed by atoms with Crippen LogP contribution in [0.15, 0.2) is 12.4 Å². The Hall–Kier alpha value is -1.52. The van der Waals surface area contributed by atoms with E-state index in [0.717, 1.165) is 12.8 Å². The number of hydrogen-bond donors (Lipinski definition) is 1. The molecule has 0 fully saturated rings. The molecule has 0 spiro atoms. The molecule has 1 rings (SSSR count). The molecule has 0 aliphatic rings. The molecule has 0 bridgehead atoms. The zero-order valence-corrected chi connectivity index (χ0v) is 11.3. The summed E-state index contributed by atoms with van der Waals surface area (Å²) in [6.45, 7) is 4.93. The van der Waals surface area contributed by atoms with Gasteiger partial charge in [-0.2, -0.15) is 5.10 Å². The first-order valence-electron chi connectivity index (χ1n) is 6.59. The second kappa shape index (κ2) is 7.74. The van der Waals surface area contributed by atoms with Gasteiger partial charge in [0.1, 0.15) is 6.54 Å². The summed E-state index contributed by atoms with van der Waals surface area (Å²) in [7, 11) is 0. The van der Waals surface area contributed by atoms with Crippen molar-refractivity contribution in [1.29, 1.82) is 0 Å². The lowest BCUT2D eigenvalue weighted by atomic mass is 10.0. The molecule has 18 heavy (non-hydrogen) atoms. The van der Waals surface area contributed by atoms with E-state index in [1.165, 1.54) is 23.7 Å². The molecular formula is C13H23N3O2. The lowest BCUT2D eigenvalue weighted by molar-refractivity contribution is -0.146. The van der Waals surface area contributed by atoms with Gasteiger partial charge in [-0.1, -0.05) is 33.1 Å². The lowest BCUT2D eigenvalue weighted by Gasteiger charge is -2.14. The third kappa shape index (κ3) is 5.21. The van der Waals surface area contributed by atoms with E-state index < -0.39 is 0 Å².